The van der Waals surface area contributed by atoms with Crippen LogP contribution in [-0.4, -0.2) is 35.4 Å². The van der Waals surface area contributed by atoms with Crippen LogP contribution in [0, 0.1) is 0 Å². The molecule has 0 heterocycles. The summed E-state index contributed by atoms with van der Waals surface area (Å²) in [5.41, 5.74) is 0. The molecule has 0 bridgehead atoms. The number of carbonyl (C=O) groups excluding carboxylic acids is 3. The SMILES string of the molecule is CCCCCCCCCCCC(=O)C(CC(=O)[O-])(C(=O)[O-])S(=O)(=O)[O-].[Na+].[Na+].[Na+]. The number of carbonyl (C=O) groups is 3. The third-order valence-electron chi connectivity index (χ3n) is 4.11. The van der Waals surface area contributed by atoms with Crippen molar-refractivity contribution in [1.82, 2.24) is 0 Å². The molecule has 0 saturated heterocycles. The first-order valence-corrected chi connectivity index (χ1v) is 9.90. The second kappa shape index (κ2) is 19.2. The maximum atomic E-state index is 12.0. The van der Waals surface area contributed by atoms with E-state index in [1.54, 1.807) is 0 Å². The summed E-state index contributed by atoms with van der Waals surface area (Å²) in [6.45, 7) is 2.12. The molecule has 0 radical (unpaired) electrons. The first kappa shape index (κ1) is 36.9. The Labute approximate surface area is 233 Å². The molecule has 1 unspecified atom stereocenters. The van der Waals surface area contributed by atoms with Crippen molar-refractivity contribution in [2.24, 2.45) is 0 Å². The monoisotopic (exact) mass is 446 g/mol. The van der Waals surface area contributed by atoms with Crippen LogP contribution in [0.4, 0.5) is 0 Å². The summed E-state index contributed by atoms with van der Waals surface area (Å²) in [6, 6.07) is 0. The molecule has 0 spiro atoms. The molecule has 0 fully saturated rings. The summed E-state index contributed by atoms with van der Waals surface area (Å²) < 4.78 is 30.1. The van der Waals surface area contributed by atoms with Gasteiger partial charge in [-0.15, -0.1) is 0 Å². The normalized spacial score (nSPS) is 12.5. The van der Waals surface area contributed by atoms with Crippen LogP contribution in [0.5, 0.6) is 0 Å². The van der Waals surface area contributed by atoms with Gasteiger partial charge in [-0.25, -0.2) is 8.42 Å². The Balaban J connectivity index is -0.000000960. The van der Waals surface area contributed by atoms with Gasteiger partial charge < -0.3 is 24.4 Å². The standard InChI is InChI=1S/C16H28O8S.3Na/c1-2-3-4-5-6-7-8-9-10-11-13(17)16(15(20)21,12-14(18)19)25(22,23)24;;;/h2-12H2,1H3,(H,18,19)(H,20,21)(H,22,23,24);;;/q;3*+1/p-3. The van der Waals surface area contributed by atoms with E-state index in [2.05, 4.69) is 6.92 Å². The molecule has 0 amide bonds. The Morgan fingerprint density at radius 1 is 0.786 bits per heavy atom. The van der Waals surface area contributed by atoms with Gasteiger partial charge in [-0.3, -0.25) is 4.79 Å². The molecule has 146 valence electrons. The molecule has 1 atom stereocenters. The summed E-state index contributed by atoms with van der Waals surface area (Å²) in [6.07, 6.45) is 5.82. The van der Waals surface area contributed by atoms with Gasteiger partial charge in [0.1, 0.15) is 10.1 Å². The van der Waals surface area contributed by atoms with Crippen LogP contribution < -0.4 is 98.9 Å². The zero-order valence-electron chi connectivity index (χ0n) is 17.5. The predicted octanol–water partition coefficient (Wildman–Crippen LogP) is -9.34. The number of hydrogen-bond donors (Lipinski definition) is 0. The number of carboxylic acids is 2. The molecule has 0 aromatic heterocycles. The van der Waals surface area contributed by atoms with Crippen LogP contribution >= 0.6 is 0 Å². The van der Waals surface area contributed by atoms with Gasteiger partial charge >= 0.3 is 88.7 Å². The molecule has 28 heavy (non-hydrogen) atoms. The van der Waals surface area contributed by atoms with Crippen molar-refractivity contribution in [3.8, 4) is 0 Å². The van der Waals surface area contributed by atoms with Gasteiger partial charge in [0, 0.05) is 18.8 Å². The predicted molar refractivity (Wildman–Crippen MR) is 83.9 cm³/mol. The Kier molecular flexibility index (Phi) is 25.3. The first-order valence-electron chi connectivity index (χ1n) is 8.49. The van der Waals surface area contributed by atoms with E-state index >= 15 is 0 Å². The Bertz CT molecular complexity index is 568. The topological polar surface area (TPSA) is 155 Å². The third kappa shape index (κ3) is 13.0. The fraction of sp³-hybridized carbons (Fsp3) is 0.812. The maximum absolute atomic E-state index is 12.0. The fourth-order valence-corrected chi connectivity index (χ4v) is 3.50. The van der Waals surface area contributed by atoms with Gasteiger partial charge in [0.15, 0.2) is 10.5 Å². The average Bonchev–Trinajstić information content (AvgIpc) is 2.48. The van der Waals surface area contributed by atoms with Crippen molar-refractivity contribution < 1.29 is 126 Å². The van der Waals surface area contributed by atoms with Crippen LogP contribution in [0.3, 0.4) is 0 Å². The van der Waals surface area contributed by atoms with E-state index in [9.17, 15) is 37.6 Å². The smallest absolute Gasteiger partial charge is 0.747 e. The van der Waals surface area contributed by atoms with Crippen LogP contribution in [0.2, 0.25) is 0 Å². The minimum atomic E-state index is -5.76. The number of ketones is 1. The van der Waals surface area contributed by atoms with Crippen molar-refractivity contribution in [2.45, 2.75) is 82.3 Å². The quantitative estimate of drug-likeness (QED) is 0.104. The number of carboxylic acid groups (broad SMARTS) is 2. The molecule has 0 aromatic carbocycles. The van der Waals surface area contributed by atoms with Gasteiger partial charge in [-0.2, -0.15) is 0 Å². The van der Waals surface area contributed by atoms with E-state index < -0.39 is 45.4 Å². The van der Waals surface area contributed by atoms with E-state index in [4.69, 9.17) is 0 Å². The largest absolute Gasteiger partial charge is 1.00 e. The number of rotatable bonds is 15. The van der Waals surface area contributed by atoms with Crippen molar-refractivity contribution in [3.05, 3.63) is 0 Å². The molecule has 0 saturated carbocycles. The van der Waals surface area contributed by atoms with E-state index in [0.29, 0.717) is 6.42 Å². The molecule has 0 aliphatic carbocycles. The van der Waals surface area contributed by atoms with Gasteiger partial charge in [-0.05, 0) is 6.42 Å². The van der Waals surface area contributed by atoms with Crippen molar-refractivity contribution in [1.29, 1.82) is 0 Å². The minimum absolute atomic E-state index is 0. The Morgan fingerprint density at radius 3 is 1.50 bits per heavy atom. The van der Waals surface area contributed by atoms with Crippen molar-refractivity contribution >= 4 is 27.8 Å². The summed E-state index contributed by atoms with van der Waals surface area (Å²) in [7, 11) is -5.76. The number of aliphatic carboxylic acids is 2. The van der Waals surface area contributed by atoms with E-state index in [1.807, 2.05) is 0 Å². The Hall–Kier alpha value is 1.52. The maximum Gasteiger partial charge on any atom is 1.00 e. The first-order chi connectivity index (χ1) is 11.6. The summed E-state index contributed by atoms with van der Waals surface area (Å²) in [5.74, 6) is -6.11. The Morgan fingerprint density at radius 2 is 1.18 bits per heavy atom. The van der Waals surface area contributed by atoms with Crippen LogP contribution in [0.25, 0.3) is 0 Å². The molecule has 0 rings (SSSR count). The second-order valence-electron chi connectivity index (χ2n) is 6.12. The molecular weight excluding hydrogens is 421 g/mol. The second-order valence-corrected chi connectivity index (χ2v) is 7.72. The van der Waals surface area contributed by atoms with Crippen molar-refractivity contribution in [3.63, 3.8) is 0 Å². The molecule has 0 aromatic rings. The van der Waals surface area contributed by atoms with Crippen LogP contribution in [0.1, 0.15) is 77.6 Å². The molecular formula is C16H25Na3O8S. The number of hydrogen-bond acceptors (Lipinski definition) is 8. The zero-order valence-corrected chi connectivity index (χ0v) is 24.3. The van der Waals surface area contributed by atoms with E-state index in [0.717, 1.165) is 38.5 Å². The van der Waals surface area contributed by atoms with Gasteiger partial charge in [-0.1, -0.05) is 58.3 Å². The van der Waals surface area contributed by atoms with Gasteiger partial charge in [0.2, 0.25) is 0 Å². The van der Waals surface area contributed by atoms with Gasteiger partial charge in [0.05, 0.1) is 5.97 Å². The van der Waals surface area contributed by atoms with Gasteiger partial charge in [0.25, 0.3) is 0 Å². The summed E-state index contributed by atoms with van der Waals surface area (Å²) >= 11 is 0. The summed E-state index contributed by atoms with van der Waals surface area (Å²) in [5, 5.41) is 21.7. The molecule has 0 aliphatic heterocycles. The number of Topliss-reactive ketones (excluding diaryl/α,β-unsaturated/α-hetero) is 1. The van der Waals surface area contributed by atoms with Crippen molar-refractivity contribution in [2.75, 3.05) is 0 Å². The molecule has 8 nitrogen and oxygen atoms in total. The van der Waals surface area contributed by atoms with E-state index in [1.165, 1.54) is 6.42 Å². The van der Waals surface area contributed by atoms with E-state index in [-0.39, 0.29) is 95.1 Å². The third-order valence-corrected chi connectivity index (χ3v) is 5.50. The van der Waals surface area contributed by atoms with Crippen LogP contribution in [0.15, 0.2) is 0 Å². The molecule has 0 aliphatic rings. The number of unbranched alkanes of at least 4 members (excludes halogenated alkanes) is 8. The van der Waals surface area contributed by atoms with Crippen LogP contribution in [-0.2, 0) is 24.5 Å². The summed E-state index contributed by atoms with van der Waals surface area (Å²) in [4.78, 5) is 33.7. The average molecular weight is 446 g/mol. The zero-order chi connectivity index (χ0) is 19.5. The fourth-order valence-electron chi connectivity index (χ4n) is 2.62. The molecule has 12 heteroatoms. The molecule has 0 N–H and O–H groups in total. The minimum Gasteiger partial charge on any atom is -0.747 e.